The highest BCUT2D eigenvalue weighted by molar-refractivity contribution is 9.11. The zero-order valence-corrected chi connectivity index (χ0v) is 11.3. The van der Waals surface area contributed by atoms with Crippen molar-refractivity contribution in [3.8, 4) is 0 Å². The summed E-state index contributed by atoms with van der Waals surface area (Å²) in [5.41, 5.74) is 0.166. The second-order valence-electron chi connectivity index (χ2n) is 2.61. The normalized spacial score (nSPS) is 14.1. The van der Waals surface area contributed by atoms with Gasteiger partial charge in [0.15, 0.2) is 0 Å². The maximum absolute atomic E-state index is 12.3. The fraction of sp³-hybridized carbons (Fsp3) is 0.250. The number of hydrogen-bond donors (Lipinski definition) is 0. The SMILES string of the molecule is FC(F)(F)[C@H](Br)c1cc(Br)cc(Br)c1. The highest BCUT2D eigenvalue weighted by Gasteiger charge is 2.38. The molecule has 0 spiro atoms. The summed E-state index contributed by atoms with van der Waals surface area (Å²) in [5.74, 6) is 0. The van der Waals surface area contributed by atoms with E-state index in [0.29, 0.717) is 8.95 Å². The van der Waals surface area contributed by atoms with Gasteiger partial charge in [-0.25, -0.2) is 0 Å². The quantitative estimate of drug-likeness (QED) is 0.572. The van der Waals surface area contributed by atoms with Gasteiger partial charge in [-0.1, -0.05) is 47.8 Å². The molecule has 0 aliphatic rings. The minimum absolute atomic E-state index is 0.166. The Kier molecular flexibility index (Phi) is 4.05. The molecule has 0 amide bonds. The average Bonchev–Trinajstić information content (AvgIpc) is 1.99. The number of benzene rings is 1. The second kappa shape index (κ2) is 4.53. The lowest BCUT2D eigenvalue weighted by molar-refractivity contribution is -0.128. The number of halogens is 6. The van der Waals surface area contributed by atoms with Crippen molar-refractivity contribution in [2.75, 3.05) is 0 Å². The van der Waals surface area contributed by atoms with Gasteiger partial charge in [0.2, 0.25) is 0 Å². The maximum Gasteiger partial charge on any atom is 0.405 e. The summed E-state index contributed by atoms with van der Waals surface area (Å²) < 4.78 is 38.2. The van der Waals surface area contributed by atoms with Crippen LogP contribution in [0.3, 0.4) is 0 Å². The van der Waals surface area contributed by atoms with Crippen LogP contribution in [0.2, 0.25) is 0 Å². The lowest BCUT2D eigenvalue weighted by Crippen LogP contribution is -2.15. The van der Waals surface area contributed by atoms with Gasteiger partial charge in [0.25, 0.3) is 0 Å². The van der Waals surface area contributed by atoms with E-state index in [4.69, 9.17) is 0 Å². The molecule has 0 saturated carbocycles. The Bertz CT molecular complexity index is 315. The third-order valence-electron chi connectivity index (χ3n) is 1.46. The van der Waals surface area contributed by atoms with Crippen molar-refractivity contribution in [3.05, 3.63) is 32.7 Å². The minimum atomic E-state index is -4.28. The fourth-order valence-corrected chi connectivity index (χ4v) is 2.50. The molecular formula is C8H4Br3F3. The Morgan fingerprint density at radius 2 is 1.43 bits per heavy atom. The van der Waals surface area contributed by atoms with Crippen molar-refractivity contribution in [2.45, 2.75) is 11.0 Å². The van der Waals surface area contributed by atoms with Crippen LogP contribution in [0.5, 0.6) is 0 Å². The van der Waals surface area contributed by atoms with E-state index in [1.165, 1.54) is 12.1 Å². The van der Waals surface area contributed by atoms with Crippen LogP contribution in [-0.2, 0) is 0 Å². The smallest absolute Gasteiger partial charge is 0.169 e. The van der Waals surface area contributed by atoms with E-state index in [-0.39, 0.29) is 5.56 Å². The highest BCUT2D eigenvalue weighted by Crippen LogP contribution is 2.41. The molecule has 0 saturated heterocycles. The Morgan fingerprint density at radius 1 is 1.00 bits per heavy atom. The molecule has 0 aliphatic carbocycles. The molecule has 1 aromatic carbocycles. The van der Waals surface area contributed by atoms with E-state index >= 15 is 0 Å². The standard InChI is InChI=1S/C8H4Br3F3/c9-5-1-4(2-6(10)3-5)7(11)8(12,13)14/h1-3,7H/t7-/m1/s1. The lowest BCUT2D eigenvalue weighted by Gasteiger charge is -2.14. The lowest BCUT2D eigenvalue weighted by atomic mass is 10.1. The fourth-order valence-electron chi connectivity index (χ4n) is 0.910. The third-order valence-corrected chi connectivity index (χ3v) is 3.43. The van der Waals surface area contributed by atoms with Gasteiger partial charge in [-0.2, -0.15) is 13.2 Å². The van der Waals surface area contributed by atoms with Crippen LogP contribution < -0.4 is 0 Å². The molecule has 0 radical (unpaired) electrons. The van der Waals surface area contributed by atoms with Gasteiger partial charge >= 0.3 is 6.18 Å². The molecular weight excluding hydrogens is 393 g/mol. The predicted molar refractivity (Wildman–Crippen MR) is 59.6 cm³/mol. The summed E-state index contributed by atoms with van der Waals surface area (Å²) in [6, 6.07) is 4.54. The number of alkyl halides is 4. The Hall–Kier alpha value is 0.450. The first-order valence-corrected chi connectivity index (χ1v) is 5.97. The van der Waals surface area contributed by atoms with Crippen LogP contribution >= 0.6 is 47.8 Å². The van der Waals surface area contributed by atoms with Crippen LogP contribution in [-0.4, -0.2) is 6.18 Å². The number of hydrogen-bond acceptors (Lipinski definition) is 0. The summed E-state index contributed by atoms with van der Waals surface area (Å²) >= 11 is 8.87. The van der Waals surface area contributed by atoms with E-state index in [9.17, 15) is 13.2 Å². The zero-order valence-electron chi connectivity index (χ0n) is 6.58. The monoisotopic (exact) mass is 394 g/mol. The van der Waals surface area contributed by atoms with Crippen LogP contribution in [0.15, 0.2) is 27.1 Å². The van der Waals surface area contributed by atoms with Crippen LogP contribution in [0.4, 0.5) is 13.2 Å². The second-order valence-corrected chi connectivity index (χ2v) is 5.35. The molecule has 0 aliphatic heterocycles. The van der Waals surface area contributed by atoms with Crippen molar-refractivity contribution in [1.82, 2.24) is 0 Å². The van der Waals surface area contributed by atoms with Crippen LogP contribution in [0.1, 0.15) is 10.4 Å². The molecule has 78 valence electrons. The highest BCUT2D eigenvalue weighted by atomic mass is 79.9. The third kappa shape index (κ3) is 3.24. The van der Waals surface area contributed by atoms with Gasteiger partial charge in [-0.15, -0.1) is 0 Å². The molecule has 1 rings (SSSR count). The van der Waals surface area contributed by atoms with Crippen LogP contribution in [0, 0.1) is 0 Å². The van der Waals surface area contributed by atoms with Gasteiger partial charge < -0.3 is 0 Å². The van der Waals surface area contributed by atoms with Gasteiger partial charge in [-0.3, -0.25) is 0 Å². The van der Waals surface area contributed by atoms with Gasteiger partial charge in [0, 0.05) is 8.95 Å². The van der Waals surface area contributed by atoms with Crippen molar-refractivity contribution >= 4 is 47.8 Å². The Morgan fingerprint density at radius 3 is 1.79 bits per heavy atom. The molecule has 1 atom stereocenters. The van der Waals surface area contributed by atoms with E-state index in [1.807, 2.05) is 0 Å². The average molecular weight is 397 g/mol. The van der Waals surface area contributed by atoms with Crippen LogP contribution in [0.25, 0.3) is 0 Å². The molecule has 0 nitrogen and oxygen atoms in total. The zero-order chi connectivity index (χ0) is 10.9. The summed E-state index contributed by atoms with van der Waals surface area (Å²) in [6.45, 7) is 0. The molecule has 14 heavy (non-hydrogen) atoms. The minimum Gasteiger partial charge on any atom is -0.169 e. The van der Waals surface area contributed by atoms with E-state index in [2.05, 4.69) is 47.8 Å². The van der Waals surface area contributed by atoms with Gasteiger partial charge in [0.1, 0.15) is 4.83 Å². The van der Waals surface area contributed by atoms with Gasteiger partial charge in [0.05, 0.1) is 0 Å². The Balaban J connectivity index is 3.07. The topological polar surface area (TPSA) is 0 Å². The van der Waals surface area contributed by atoms with E-state index < -0.39 is 11.0 Å². The molecule has 0 bridgehead atoms. The van der Waals surface area contributed by atoms with Crippen molar-refractivity contribution in [2.24, 2.45) is 0 Å². The first-order chi connectivity index (χ1) is 6.30. The molecule has 1 aromatic rings. The molecule has 0 unspecified atom stereocenters. The van der Waals surface area contributed by atoms with Crippen molar-refractivity contribution in [3.63, 3.8) is 0 Å². The summed E-state index contributed by atoms with van der Waals surface area (Å²) in [6.07, 6.45) is -4.28. The first-order valence-electron chi connectivity index (χ1n) is 3.47. The largest absolute Gasteiger partial charge is 0.405 e. The van der Waals surface area contributed by atoms with Crippen molar-refractivity contribution < 1.29 is 13.2 Å². The van der Waals surface area contributed by atoms with E-state index in [1.54, 1.807) is 6.07 Å². The molecule has 0 fully saturated rings. The predicted octanol–water partition coefficient (Wildman–Crippen LogP) is 5.21. The van der Waals surface area contributed by atoms with Gasteiger partial charge in [-0.05, 0) is 23.8 Å². The molecule has 0 heterocycles. The molecule has 6 heteroatoms. The summed E-state index contributed by atoms with van der Waals surface area (Å²) in [5, 5.41) is 0. The Labute approximate surface area is 104 Å². The summed E-state index contributed by atoms with van der Waals surface area (Å²) in [7, 11) is 0. The summed E-state index contributed by atoms with van der Waals surface area (Å²) in [4.78, 5) is -1.64. The maximum atomic E-state index is 12.3. The molecule has 0 N–H and O–H groups in total. The number of rotatable bonds is 1. The van der Waals surface area contributed by atoms with E-state index in [0.717, 1.165) is 0 Å². The first kappa shape index (κ1) is 12.5. The van der Waals surface area contributed by atoms with Crippen molar-refractivity contribution in [1.29, 1.82) is 0 Å². The molecule has 0 aromatic heterocycles.